The summed E-state index contributed by atoms with van der Waals surface area (Å²) in [5.41, 5.74) is 0. The van der Waals surface area contributed by atoms with Crippen LogP contribution in [0.25, 0.3) is 0 Å². The van der Waals surface area contributed by atoms with E-state index in [4.69, 9.17) is 10.0 Å². The van der Waals surface area contributed by atoms with Crippen LogP contribution in [-0.4, -0.2) is 7.69 Å². The maximum atomic E-state index is 8.38. The van der Waals surface area contributed by atoms with Gasteiger partial charge in [-0.15, -0.1) is 0 Å². The van der Waals surface area contributed by atoms with Crippen LogP contribution >= 0.6 is 0 Å². The van der Waals surface area contributed by atoms with Gasteiger partial charge in [-0.05, 0) is 0 Å². The Morgan fingerprint density at radius 1 is 1.75 bits per heavy atom. The van der Waals surface area contributed by atoms with Crippen molar-refractivity contribution in [3.05, 3.63) is 0 Å². The van der Waals surface area contributed by atoms with Crippen LogP contribution in [-0.2, 0) is 5.02 Å². The fourth-order valence-corrected chi connectivity index (χ4v) is 0. The van der Waals surface area contributed by atoms with Gasteiger partial charge in [0.1, 0.15) is 0 Å². The van der Waals surface area contributed by atoms with Crippen LogP contribution in [0.3, 0.4) is 0 Å². The zero-order valence-corrected chi connectivity index (χ0v) is 2.52. The molecule has 0 aromatic heterocycles. The normalized spacial score (nSPS) is 3.50. The van der Waals surface area contributed by atoms with E-state index in [9.17, 15) is 0 Å². The molecule has 0 aromatic rings. The molecule has 0 aliphatic carbocycles. The minimum absolute atomic E-state index is 0. The topological polar surface area (TPSA) is 43.0 Å². The molecule has 0 bridgehead atoms. The maximum Gasteiger partial charge on any atom is 1.00 e. The van der Waals surface area contributed by atoms with Gasteiger partial charge in [0.2, 0.25) is 7.69 Å². The van der Waals surface area contributed by atoms with E-state index in [0.717, 1.165) is 0 Å². The van der Waals surface area contributed by atoms with Crippen molar-refractivity contribution in [3.8, 4) is 0 Å². The van der Waals surface area contributed by atoms with Gasteiger partial charge in [-0.1, -0.05) is 0 Å². The van der Waals surface area contributed by atoms with Crippen LogP contribution < -0.4 is 23.9 Å². The zero-order chi connectivity index (χ0) is 2.71. The van der Waals surface area contributed by atoms with Crippen molar-refractivity contribution < 1.29 is 28.9 Å². The predicted molar refractivity (Wildman–Crippen MR) is 7.84 cm³/mol. The van der Waals surface area contributed by atoms with Crippen molar-refractivity contribution in [1.82, 2.24) is 0 Å². The van der Waals surface area contributed by atoms with Crippen LogP contribution in [0.15, 0.2) is 0 Å². The first-order chi connectivity index (χ1) is 1.41. The molecule has 4 heteroatoms. The Morgan fingerprint density at radius 3 is 1.75 bits per heavy atom. The molecule has 0 fully saturated rings. The minimum atomic E-state index is -1.25. The van der Waals surface area contributed by atoms with E-state index in [1.807, 2.05) is 0 Å². The van der Waals surface area contributed by atoms with Crippen molar-refractivity contribution >= 4 is 7.69 Å². The SMILES string of the molecule is [Li+].[O]B[O-]. The second-order valence-corrected chi connectivity index (χ2v) is 0.118. The molecule has 0 unspecified atom stereocenters. The summed E-state index contributed by atoms with van der Waals surface area (Å²) in [5.74, 6) is 0. The predicted octanol–water partition coefficient (Wildman–Crippen LogP) is -4.95. The van der Waals surface area contributed by atoms with Crippen LogP contribution in [0.1, 0.15) is 0 Å². The molecule has 0 aliphatic heterocycles. The molecule has 0 saturated carbocycles. The first-order valence-corrected chi connectivity index (χ1v) is 0.577. The van der Waals surface area contributed by atoms with E-state index < -0.39 is 7.69 Å². The second-order valence-electron chi connectivity index (χ2n) is 0.118. The third-order valence-electron chi connectivity index (χ3n) is 0. The van der Waals surface area contributed by atoms with Gasteiger partial charge in [0.15, 0.2) is 0 Å². The fraction of sp³-hybridized carbons (Fsp3) is 0. The Kier molecular flexibility index (Phi) is 21.0. The van der Waals surface area contributed by atoms with E-state index in [1.165, 1.54) is 0 Å². The Bertz CT molecular complexity index is 6.00. The summed E-state index contributed by atoms with van der Waals surface area (Å²) in [6.07, 6.45) is 0. The standard InChI is InChI=1S/BHO2.Li/c2-1-3;/h1H;/q-1;+1. The zero-order valence-electron chi connectivity index (χ0n) is 2.52. The summed E-state index contributed by atoms with van der Waals surface area (Å²) in [5, 5.41) is 16.8. The summed E-state index contributed by atoms with van der Waals surface area (Å²) in [7, 11) is -1.25. The van der Waals surface area contributed by atoms with Gasteiger partial charge in [-0.25, -0.2) is 0 Å². The molecular formula is HBLiO2. The van der Waals surface area contributed by atoms with Gasteiger partial charge in [0.05, 0.1) is 0 Å². The van der Waals surface area contributed by atoms with Gasteiger partial charge in [-0.3, -0.25) is 0 Å². The van der Waals surface area contributed by atoms with Crippen molar-refractivity contribution in [2.45, 2.75) is 0 Å². The molecule has 0 N–H and O–H groups in total. The molecular weight excluding hydrogens is 49.8 g/mol. The average molecular weight is 50.8 g/mol. The molecule has 0 aromatic carbocycles. The van der Waals surface area contributed by atoms with E-state index >= 15 is 0 Å². The van der Waals surface area contributed by atoms with Crippen LogP contribution in [0.5, 0.6) is 0 Å². The minimum Gasteiger partial charge on any atom is -0.857 e. The van der Waals surface area contributed by atoms with Crippen LogP contribution in [0.2, 0.25) is 0 Å². The first kappa shape index (κ1) is 8.82. The van der Waals surface area contributed by atoms with Crippen LogP contribution in [0, 0.1) is 0 Å². The van der Waals surface area contributed by atoms with Gasteiger partial charge < -0.3 is 10.0 Å². The smallest absolute Gasteiger partial charge is 0.857 e. The van der Waals surface area contributed by atoms with Crippen molar-refractivity contribution in [3.63, 3.8) is 0 Å². The summed E-state index contributed by atoms with van der Waals surface area (Å²) in [4.78, 5) is 0. The van der Waals surface area contributed by atoms with Crippen molar-refractivity contribution in [2.75, 3.05) is 0 Å². The molecule has 0 atom stereocenters. The quantitative estimate of drug-likeness (QED) is 0.254. The first-order valence-electron chi connectivity index (χ1n) is 0.577. The molecule has 0 rings (SSSR count). The molecule has 0 aliphatic rings. The van der Waals surface area contributed by atoms with Crippen molar-refractivity contribution in [2.24, 2.45) is 0 Å². The molecule has 17 valence electrons. The van der Waals surface area contributed by atoms with E-state index in [2.05, 4.69) is 0 Å². The molecule has 4 heavy (non-hydrogen) atoms. The van der Waals surface area contributed by atoms with Gasteiger partial charge >= 0.3 is 18.9 Å². The molecule has 0 amide bonds. The van der Waals surface area contributed by atoms with Gasteiger partial charge in [0, 0.05) is 0 Å². The summed E-state index contributed by atoms with van der Waals surface area (Å²) >= 11 is 0. The number of rotatable bonds is 0. The third kappa shape index (κ3) is 19.1. The van der Waals surface area contributed by atoms with E-state index in [0.29, 0.717) is 0 Å². The maximum absolute atomic E-state index is 8.38. The molecule has 0 saturated heterocycles. The van der Waals surface area contributed by atoms with Gasteiger partial charge in [0.25, 0.3) is 0 Å². The summed E-state index contributed by atoms with van der Waals surface area (Å²) < 4.78 is 0. The number of hydrogen-bond acceptors (Lipinski definition) is 1. The third-order valence-corrected chi connectivity index (χ3v) is 0. The Morgan fingerprint density at radius 2 is 1.75 bits per heavy atom. The van der Waals surface area contributed by atoms with Crippen molar-refractivity contribution in [1.29, 1.82) is 0 Å². The largest absolute Gasteiger partial charge is 1.00 e. The fourth-order valence-electron chi connectivity index (χ4n) is 0. The molecule has 0 spiro atoms. The Hall–Kier alpha value is 0.582. The van der Waals surface area contributed by atoms with Gasteiger partial charge in [-0.2, -0.15) is 0 Å². The monoisotopic (exact) mass is 51.0 g/mol. The van der Waals surface area contributed by atoms with E-state index in [-0.39, 0.29) is 18.9 Å². The molecule has 2 nitrogen and oxygen atoms in total. The average Bonchev–Trinajstić information content (AvgIpc) is 0.918. The molecule has 0 heterocycles. The second kappa shape index (κ2) is 9.54. The number of hydrogen-bond donors (Lipinski definition) is 0. The Labute approximate surface area is 37.3 Å². The molecule has 1 radical (unpaired) electrons. The van der Waals surface area contributed by atoms with E-state index in [1.54, 1.807) is 0 Å². The van der Waals surface area contributed by atoms with Crippen LogP contribution in [0.4, 0.5) is 0 Å². The summed E-state index contributed by atoms with van der Waals surface area (Å²) in [6.45, 7) is 0. The Balaban J connectivity index is 0. The summed E-state index contributed by atoms with van der Waals surface area (Å²) in [6, 6.07) is 0.